The first-order valence-electron chi connectivity index (χ1n) is 4.02. The number of ether oxygens (including phenoxy) is 1. The molecule has 0 fully saturated rings. The van der Waals surface area contributed by atoms with Gasteiger partial charge in [-0.3, -0.25) is 4.79 Å². The number of rotatable bonds is 2. The number of esters is 1. The lowest BCUT2D eigenvalue weighted by Crippen LogP contribution is -2.23. The van der Waals surface area contributed by atoms with Gasteiger partial charge in [0.05, 0.1) is 6.42 Å². The van der Waals surface area contributed by atoms with Crippen LogP contribution in [0.2, 0.25) is 0 Å². The first-order chi connectivity index (χ1) is 5.72. The fraction of sp³-hybridized carbons (Fsp3) is 0.667. The summed E-state index contributed by atoms with van der Waals surface area (Å²) >= 11 is 8.19. The largest absolute Gasteiger partial charge is 0.460 e. The van der Waals surface area contributed by atoms with Crippen molar-refractivity contribution in [2.24, 2.45) is 0 Å². The Balaban J connectivity index is 4.12. The summed E-state index contributed by atoms with van der Waals surface area (Å²) < 4.78 is 5.10. The molecule has 0 aliphatic rings. The Morgan fingerprint density at radius 1 is 1.31 bits per heavy atom. The third-order valence-corrected chi connectivity index (χ3v) is 2.09. The van der Waals surface area contributed by atoms with Crippen molar-refractivity contribution >= 4 is 31.2 Å². The van der Waals surface area contributed by atoms with Gasteiger partial charge in [-0.15, -0.1) is 25.3 Å². The molecule has 2 nitrogen and oxygen atoms in total. The van der Waals surface area contributed by atoms with Gasteiger partial charge in [0.2, 0.25) is 0 Å². The van der Waals surface area contributed by atoms with Crippen LogP contribution < -0.4 is 0 Å². The van der Waals surface area contributed by atoms with E-state index in [4.69, 9.17) is 4.74 Å². The van der Waals surface area contributed by atoms with Crippen LogP contribution in [0, 0.1) is 0 Å². The van der Waals surface area contributed by atoms with Crippen LogP contribution >= 0.6 is 25.3 Å². The van der Waals surface area contributed by atoms with Crippen molar-refractivity contribution in [1.82, 2.24) is 0 Å². The predicted octanol–water partition coefficient (Wildman–Crippen LogP) is 2.81. The van der Waals surface area contributed by atoms with Crippen LogP contribution in [0.4, 0.5) is 0 Å². The molecule has 0 saturated carbocycles. The predicted molar refractivity (Wildman–Crippen MR) is 61.1 cm³/mol. The van der Waals surface area contributed by atoms with E-state index in [9.17, 15) is 4.79 Å². The van der Waals surface area contributed by atoms with Gasteiger partial charge in [-0.1, -0.05) is 0 Å². The molecule has 0 aliphatic heterocycles. The highest BCUT2D eigenvalue weighted by molar-refractivity contribution is 7.88. The maximum Gasteiger partial charge on any atom is 0.311 e. The maximum atomic E-state index is 11.2. The zero-order valence-corrected chi connectivity index (χ0v) is 10.2. The van der Waals surface area contributed by atoms with E-state index in [0.29, 0.717) is 4.91 Å². The molecule has 0 amide bonds. The Morgan fingerprint density at radius 2 is 1.77 bits per heavy atom. The fourth-order valence-electron chi connectivity index (χ4n) is 0.642. The molecule has 0 rings (SSSR count). The SMILES string of the molecule is C/C(S)=C(/S)CC(=O)OC(C)(C)C. The van der Waals surface area contributed by atoms with Crippen molar-refractivity contribution < 1.29 is 9.53 Å². The highest BCUT2D eigenvalue weighted by atomic mass is 32.1. The molecule has 0 N–H and O–H groups in total. The lowest BCUT2D eigenvalue weighted by atomic mass is 10.2. The smallest absolute Gasteiger partial charge is 0.311 e. The summed E-state index contributed by atoms with van der Waals surface area (Å²) in [6.07, 6.45) is 0.190. The van der Waals surface area contributed by atoms with Gasteiger partial charge in [0.15, 0.2) is 0 Å². The molecule has 0 aromatic heterocycles. The molecule has 0 aromatic rings. The van der Waals surface area contributed by atoms with E-state index in [-0.39, 0.29) is 12.4 Å². The average Bonchev–Trinajstić information content (AvgIpc) is 1.81. The molecule has 0 unspecified atom stereocenters. The van der Waals surface area contributed by atoms with E-state index in [1.165, 1.54) is 0 Å². The van der Waals surface area contributed by atoms with E-state index in [1.807, 2.05) is 20.8 Å². The van der Waals surface area contributed by atoms with Gasteiger partial charge >= 0.3 is 5.97 Å². The number of hydrogen-bond acceptors (Lipinski definition) is 4. The third kappa shape index (κ3) is 7.02. The normalized spacial score (nSPS) is 13.7. The molecular formula is C9H16O2S2. The van der Waals surface area contributed by atoms with Gasteiger partial charge in [0.25, 0.3) is 0 Å². The highest BCUT2D eigenvalue weighted by Crippen LogP contribution is 2.18. The third-order valence-electron chi connectivity index (χ3n) is 1.15. The minimum atomic E-state index is -0.435. The van der Waals surface area contributed by atoms with E-state index in [1.54, 1.807) is 6.92 Å². The Hall–Kier alpha value is -0.0900. The van der Waals surface area contributed by atoms with Crippen molar-refractivity contribution in [1.29, 1.82) is 0 Å². The van der Waals surface area contributed by atoms with Crippen molar-refractivity contribution in [3.05, 3.63) is 9.81 Å². The topological polar surface area (TPSA) is 26.3 Å². The molecule has 0 atom stereocenters. The summed E-state index contributed by atoms with van der Waals surface area (Å²) in [5, 5.41) is 0. The van der Waals surface area contributed by atoms with Crippen LogP contribution in [-0.2, 0) is 9.53 Å². The second-order valence-electron chi connectivity index (χ2n) is 3.80. The van der Waals surface area contributed by atoms with Crippen molar-refractivity contribution in [2.45, 2.75) is 39.7 Å². The average molecular weight is 220 g/mol. The summed E-state index contributed by atoms with van der Waals surface area (Å²) in [5.41, 5.74) is -0.435. The molecule has 0 saturated heterocycles. The molecule has 76 valence electrons. The first-order valence-corrected chi connectivity index (χ1v) is 4.91. The number of thiol groups is 2. The molecule has 0 aromatic carbocycles. The zero-order chi connectivity index (χ0) is 10.6. The second-order valence-corrected chi connectivity index (χ2v) is 5.01. The summed E-state index contributed by atoms with van der Waals surface area (Å²) in [6, 6.07) is 0. The lowest BCUT2D eigenvalue weighted by molar-refractivity contribution is -0.153. The van der Waals surface area contributed by atoms with Gasteiger partial charge in [0.1, 0.15) is 5.60 Å². The highest BCUT2D eigenvalue weighted by Gasteiger charge is 2.16. The van der Waals surface area contributed by atoms with Crippen molar-refractivity contribution in [2.75, 3.05) is 0 Å². The standard InChI is InChI=1S/C9H16O2S2/c1-6(12)7(13)5-8(10)11-9(2,3)4/h12-13H,5H2,1-4H3/b7-6-. The monoisotopic (exact) mass is 220 g/mol. The molecule has 0 bridgehead atoms. The summed E-state index contributed by atoms with van der Waals surface area (Å²) in [5.74, 6) is -0.272. The lowest BCUT2D eigenvalue weighted by Gasteiger charge is -2.19. The zero-order valence-electron chi connectivity index (χ0n) is 8.42. The summed E-state index contributed by atoms with van der Waals surface area (Å²) in [4.78, 5) is 12.6. The molecule has 4 heteroatoms. The minimum Gasteiger partial charge on any atom is -0.460 e. The van der Waals surface area contributed by atoms with Crippen molar-refractivity contribution in [3.63, 3.8) is 0 Å². The second kappa shape index (κ2) is 4.96. The van der Waals surface area contributed by atoms with Crippen LogP contribution in [-0.4, -0.2) is 11.6 Å². The van der Waals surface area contributed by atoms with Crippen molar-refractivity contribution in [3.8, 4) is 0 Å². The maximum absolute atomic E-state index is 11.2. The van der Waals surface area contributed by atoms with Gasteiger partial charge in [-0.05, 0) is 32.6 Å². The molecule has 0 heterocycles. The summed E-state index contributed by atoms with van der Waals surface area (Å²) in [6.45, 7) is 7.29. The van der Waals surface area contributed by atoms with Crippen LogP contribution in [0.15, 0.2) is 9.81 Å². The summed E-state index contributed by atoms with van der Waals surface area (Å²) in [7, 11) is 0. The quantitative estimate of drug-likeness (QED) is 0.553. The van der Waals surface area contributed by atoms with Gasteiger partial charge in [-0.2, -0.15) is 0 Å². The first kappa shape index (κ1) is 12.9. The van der Waals surface area contributed by atoms with E-state index < -0.39 is 5.60 Å². The minimum absolute atomic E-state index is 0.190. The van der Waals surface area contributed by atoms with Crippen LogP contribution in [0.5, 0.6) is 0 Å². The Bertz CT molecular complexity index is 222. The molecule has 0 spiro atoms. The van der Waals surface area contributed by atoms with Crippen LogP contribution in [0.25, 0.3) is 0 Å². The van der Waals surface area contributed by atoms with Crippen LogP contribution in [0.3, 0.4) is 0 Å². The van der Waals surface area contributed by atoms with E-state index in [2.05, 4.69) is 25.3 Å². The number of carbonyl (C=O) groups is 1. The van der Waals surface area contributed by atoms with Crippen LogP contribution in [0.1, 0.15) is 34.1 Å². The molecule has 0 radical (unpaired) electrons. The molecule has 0 aliphatic carbocycles. The van der Waals surface area contributed by atoms with Gasteiger partial charge in [-0.25, -0.2) is 0 Å². The Morgan fingerprint density at radius 3 is 2.08 bits per heavy atom. The molecule has 13 heavy (non-hydrogen) atoms. The van der Waals surface area contributed by atoms with E-state index >= 15 is 0 Å². The molecular weight excluding hydrogens is 204 g/mol. The number of allylic oxidation sites excluding steroid dienone is 1. The number of carbonyl (C=O) groups excluding carboxylic acids is 1. The number of hydrogen-bond donors (Lipinski definition) is 2. The van der Waals surface area contributed by atoms with Gasteiger partial charge < -0.3 is 4.74 Å². The Labute approximate surface area is 90.6 Å². The fourth-order valence-corrected chi connectivity index (χ4v) is 0.850. The van der Waals surface area contributed by atoms with Gasteiger partial charge in [0, 0.05) is 4.91 Å². The Kier molecular flexibility index (Phi) is 4.92. The van der Waals surface area contributed by atoms with E-state index in [0.717, 1.165) is 4.91 Å².